The van der Waals surface area contributed by atoms with Crippen molar-refractivity contribution < 1.29 is 4.39 Å². The highest BCUT2D eigenvalue weighted by atomic mass is 79.9. The van der Waals surface area contributed by atoms with Crippen molar-refractivity contribution in [3.8, 4) is 0 Å². The average Bonchev–Trinajstić information content (AvgIpc) is 2.35. The number of aryl methyl sites for hydroxylation is 1. The molecule has 1 aromatic heterocycles. The molecule has 94 valence electrons. The normalized spacial score (nSPS) is 12.2. The van der Waals surface area contributed by atoms with E-state index in [0.717, 1.165) is 15.7 Å². The van der Waals surface area contributed by atoms with Gasteiger partial charge in [-0.15, -0.1) is 0 Å². The first-order valence-electron chi connectivity index (χ1n) is 5.70. The van der Waals surface area contributed by atoms with Gasteiger partial charge in [-0.25, -0.2) is 4.39 Å². The second kappa shape index (κ2) is 5.48. The molecule has 0 aliphatic rings. The fourth-order valence-electron chi connectivity index (χ4n) is 1.69. The number of hydrogen-bond acceptors (Lipinski definition) is 2. The van der Waals surface area contributed by atoms with Gasteiger partial charge in [-0.1, -0.05) is 12.1 Å². The molecule has 4 heteroatoms. The number of anilines is 1. The van der Waals surface area contributed by atoms with Gasteiger partial charge >= 0.3 is 0 Å². The zero-order valence-corrected chi connectivity index (χ0v) is 11.8. The van der Waals surface area contributed by atoms with Crippen molar-refractivity contribution in [2.24, 2.45) is 0 Å². The van der Waals surface area contributed by atoms with Gasteiger partial charge in [0.15, 0.2) is 0 Å². The van der Waals surface area contributed by atoms with Gasteiger partial charge in [0, 0.05) is 18.4 Å². The molecule has 2 aromatic rings. The topological polar surface area (TPSA) is 24.9 Å². The van der Waals surface area contributed by atoms with Crippen LogP contribution in [0.25, 0.3) is 0 Å². The molecular weight excluding hydrogens is 295 g/mol. The molecule has 1 unspecified atom stereocenters. The van der Waals surface area contributed by atoms with Crippen LogP contribution in [0.4, 0.5) is 10.1 Å². The van der Waals surface area contributed by atoms with Crippen molar-refractivity contribution in [3.63, 3.8) is 0 Å². The van der Waals surface area contributed by atoms with E-state index >= 15 is 0 Å². The van der Waals surface area contributed by atoms with Gasteiger partial charge in [0.25, 0.3) is 0 Å². The number of aromatic nitrogens is 1. The molecule has 18 heavy (non-hydrogen) atoms. The van der Waals surface area contributed by atoms with E-state index in [4.69, 9.17) is 0 Å². The maximum Gasteiger partial charge on any atom is 0.126 e. The Morgan fingerprint density at radius 1 is 1.33 bits per heavy atom. The summed E-state index contributed by atoms with van der Waals surface area (Å²) in [6.45, 7) is 3.76. The summed E-state index contributed by atoms with van der Waals surface area (Å²) in [7, 11) is 0. The lowest BCUT2D eigenvalue weighted by atomic mass is 10.1. The molecule has 0 saturated carbocycles. The maximum atomic E-state index is 13.5. The lowest BCUT2D eigenvalue weighted by Crippen LogP contribution is -2.07. The number of rotatable bonds is 3. The predicted molar refractivity (Wildman–Crippen MR) is 75.1 cm³/mol. The van der Waals surface area contributed by atoms with Gasteiger partial charge < -0.3 is 5.32 Å². The summed E-state index contributed by atoms with van der Waals surface area (Å²) in [5, 5.41) is 3.32. The van der Waals surface area contributed by atoms with Crippen LogP contribution in [0.15, 0.2) is 41.1 Å². The van der Waals surface area contributed by atoms with E-state index < -0.39 is 0 Å². The Hall–Kier alpha value is -1.42. The van der Waals surface area contributed by atoms with Gasteiger partial charge in [-0.2, -0.15) is 0 Å². The minimum atomic E-state index is -0.171. The van der Waals surface area contributed by atoms with E-state index in [1.807, 2.05) is 19.1 Å². The van der Waals surface area contributed by atoms with Crippen LogP contribution in [-0.2, 0) is 0 Å². The average molecular weight is 309 g/mol. The van der Waals surface area contributed by atoms with E-state index in [0.29, 0.717) is 5.56 Å². The molecule has 2 nitrogen and oxygen atoms in total. The number of pyridine rings is 1. The highest BCUT2D eigenvalue weighted by molar-refractivity contribution is 9.10. The summed E-state index contributed by atoms with van der Waals surface area (Å²) >= 11 is 3.42. The fourth-order valence-corrected chi connectivity index (χ4v) is 2.05. The van der Waals surface area contributed by atoms with E-state index in [1.54, 1.807) is 31.5 Å². The smallest absolute Gasteiger partial charge is 0.126 e. The molecule has 0 aliphatic heterocycles. The molecule has 0 amide bonds. The number of hydrogen-bond donors (Lipinski definition) is 1. The molecule has 0 aliphatic carbocycles. The Morgan fingerprint density at radius 2 is 2.11 bits per heavy atom. The lowest BCUT2D eigenvalue weighted by molar-refractivity contribution is 0.614. The molecule has 1 heterocycles. The van der Waals surface area contributed by atoms with Crippen LogP contribution < -0.4 is 5.32 Å². The van der Waals surface area contributed by atoms with Crippen molar-refractivity contribution in [3.05, 3.63) is 58.1 Å². The van der Waals surface area contributed by atoms with Crippen LogP contribution in [0, 0.1) is 12.7 Å². The Morgan fingerprint density at radius 3 is 2.78 bits per heavy atom. The fraction of sp³-hybridized carbons (Fsp3) is 0.214. The number of nitrogens with one attached hydrogen (secondary N) is 1. The standard InChI is InChI=1S/C14H14BrFN2/c1-9-3-4-11(7-13(9)16)10(2)18-14-5-6-17-8-12(14)15/h3-8,10H,1-2H3,(H,17,18). The van der Waals surface area contributed by atoms with Crippen molar-refractivity contribution in [2.75, 3.05) is 5.32 Å². The van der Waals surface area contributed by atoms with E-state index in [-0.39, 0.29) is 11.9 Å². The molecule has 1 N–H and O–H groups in total. The van der Waals surface area contributed by atoms with Gasteiger partial charge in [-0.3, -0.25) is 4.98 Å². The van der Waals surface area contributed by atoms with Gasteiger partial charge in [-0.05, 0) is 53.0 Å². The Kier molecular flexibility index (Phi) is 3.97. The number of benzene rings is 1. The Bertz CT molecular complexity index is 557. The summed E-state index contributed by atoms with van der Waals surface area (Å²) in [5.74, 6) is -0.171. The molecule has 0 radical (unpaired) electrons. The minimum absolute atomic E-state index is 0.0267. The third-order valence-electron chi connectivity index (χ3n) is 2.84. The van der Waals surface area contributed by atoms with E-state index in [1.165, 1.54) is 0 Å². The number of nitrogens with zero attached hydrogens (tertiary/aromatic N) is 1. The zero-order valence-electron chi connectivity index (χ0n) is 10.2. The molecule has 2 rings (SSSR count). The summed E-state index contributed by atoms with van der Waals surface area (Å²) in [4.78, 5) is 4.00. The molecule has 0 fully saturated rings. The molecule has 1 atom stereocenters. The third kappa shape index (κ3) is 2.88. The van der Waals surface area contributed by atoms with Crippen molar-refractivity contribution in [1.82, 2.24) is 4.98 Å². The summed E-state index contributed by atoms with van der Waals surface area (Å²) in [5.41, 5.74) is 2.52. The molecule has 0 saturated heterocycles. The van der Waals surface area contributed by atoms with Crippen molar-refractivity contribution in [2.45, 2.75) is 19.9 Å². The van der Waals surface area contributed by atoms with Gasteiger partial charge in [0.05, 0.1) is 10.2 Å². The van der Waals surface area contributed by atoms with Gasteiger partial charge in [0.1, 0.15) is 5.82 Å². The highest BCUT2D eigenvalue weighted by Gasteiger charge is 2.09. The van der Waals surface area contributed by atoms with Crippen LogP contribution in [0.3, 0.4) is 0 Å². The first-order chi connectivity index (χ1) is 8.58. The summed E-state index contributed by atoms with van der Waals surface area (Å²) in [6, 6.07) is 7.21. The molecule has 0 spiro atoms. The Balaban J connectivity index is 2.19. The molecule has 0 bridgehead atoms. The summed E-state index contributed by atoms with van der Waals surface area (Å²) in [6.07, 6.45) is 3.44. The van der Waals surface area contributed by atoms with Crippen LogP contribution in [0.5, 0.6) is 0 Å². The summed E-state index contributed by atoms with van der Waals surface area (Å²) < 4.78 is 14.4. The quantitative estimate of drug-likeness (QED) is 0.905. The van der Waals surface area contributed by atoms with Crippen LogP contribution in [0.1, 0.15) is 24.1 Å². The van der Waals surface area contributed by atoms with Crippen molar-refractivity contribution >= 4 is 21.6 Å². The largest absolute Gasteiger partial charge is 0.378 e. The van der Waals surface area contributed by atoms with Crippen LogP contribution in [0.2, 0.25) is 0 Å². The van der Waals surface area contributed by atoms with Crippen LogP contribution >= 0.6 is 15.9 Å². The molecular formula is C14H14BrFN2. The molecule has 1 aromatic carbocycles. The first kappa shape index (κ1) is 13.0. The van der Waals surface area contributed by atoms with Crippen LogP contribution in [-0.4, -0.2) is 4.98 Å². The second-order valence-electron chi connectivity index (χ2n) is 4.23. The first-order valence-corrected chi connectivity index (χ1v) is 6.49. The van der Waals surface area contributed by atoms with Gasteiger partial charge in [0.2, 0.25) is 0 Å². The SMILES string of the molecule is Cc1ccc(C(C)Nc2ccncc2Br)cc1F. The maximum absolute atomic E-state index is 13.5. The van der Waals surface area contributed by atoms with E-state index in [9.17, 15) is 4.39 Å². The van der Waals surface area contributed by atoms with E-state index in [2.05, 4.69) is 26.2 Å². The van der Waals surface area contributed by atoms with Crippen molar-refractivity contribution in [1.29, 1.82) is 0 Å². The lowest BCUT2D eigenvalue weighted by Gasteiger charge is -2.17. The second-order valence-corrected chi connectivity index (χ2v) is 5.08. The number of halogens is 2. The monoisotopic (exact) mass is 308 g/mol. The zero-order chi connectivity index (χ0) is 13.1. The Labute approximate surface area is 114 Å². The predicted octanol–water partition coefficient (Wildman–Crippen LogP) is 4.46. The third-order valence-corrected chi connectivity index (χ3v) is 3.47. The highest BCUT2D eigenvalue weighted by Crippen LogP contribution is 2.26. The minimum Gasteiger partial charge on any atom is -0.378 e.